The van der Waals surface area contributed by atoms with Crippen molar-refractivity contribution >= 4 is 35.6 Å². The van der Waals surface area contributed by atoms with Gasteiger partial charge in [-0.3, -0.25) is 24.0 Å². The highest BCUT2D eigenvalue weighted by atomic mass is 16.4. The van der Waals surface area contributed by atoms with Gasteiger partial charge in [0.25, 0.3) is 0 Å². The number of hydrogen-bond acceptors (Lipinski definition) is 7. The molecular formula is C14H23N5O8. The zero-order valence-electron chi connectivity index (χ0n) is 14.6. The molecule has 0 aliphatic heterocycles. The van der Waals surface area contributed by atoms with Crippen LogP contribution in [0.25, 0.3) is 0 Å². The minimum atomic E-state index is -1.47. The number of carbonyl (C=O) groups excluding carboxylic acids is 4. The topological polar surface area (TPSA) is 231 Å². The Morgan fingerprint density at radius 1 is 0.926 bits per heavy atom. The molecule has 0 bridgehead atoms. The van der Waals surface area contributed by atoms with Crippen molar-refractivity contribution in [3.8, 4) is 0 Å². The van der Waals surface area contributed by atoms with E-state index in [0.29, 0.717) is 0 Å². The second-order valence-electron chi connectivity index (χ2n) is 5.56. The summed E-state index contributed by atoms with van der Waals surface area (Å²) in [7, 11) is 0. The van der Waals surface area contributed by atoms with E-state index >= 15 is 0 Å². The highest BCUT2D eigenvalue weighted by Crippen LogP contribution is 2.00. The third-order valence-corrected chi connectivity index (χ3v) is 3.26. The predicted molar refractivity (Wildman–Crippen MR) is 88.8 cm³/mol. The normalized spacial score (nSPS) is 13.6. The summed E-state index contributed by atoms with van der Waals surface area (Å²) in [5.41, 5.74) is 10.1. The Morgan fingerprint density at radius 2 is 1.52 bits per heavy atom. The molecule has 0 rings (SSSR count). The molecule has 0 saturated carbocycles. The zero-order valence-corrected chi connectivity index (χ0v) is 14.6. The van der Waals surface area contributed by atoms with Crippen LogP contribution in [0.4, 0.5) is 0 Å². The summed E-state index contributed by atoms with van der Waals surface area (Å²) in [6, 6.07) is -4.07. The van der Waals surface area contributed by atoms with Crippen LogP contribution in [0.3, 0.4) is 0 Å². The van der Waals surface area contributed by atoms with E-state index in [1.165, 1.54) is 6.92 Å². The first-order chi connectivity index (χ1) is 12.5. The number of rotatable bonds is 12. The van der Waals surface area contributed by atoms with E-state index in [9.17, 15) is 28.8 Å². The van der Waals surface area contributed by atoms with Gasteiger partial charge in [-0.2, -0.15) is 0 Å². The first kappa shape index (κ1) is 23.8. The Morgan fingerprint density at radius 3 is 1.96 bits per heavy atom. The van der Waals surface area contributed by atoms with Gasteiger partial charge in [0, 0.05) is 6.42 Å². The van der Waals surface area contributed by atoms with E-state index in [2.05, 4.69) is 16.0 Å². The van der Waals surface area contributed by atoms with Gasteiger partial charge in [-0.1, -0.05) is 0 Å². The maximum Gasteiger partial charge on any atom is 0.326 e. The molecule has 0 fully saturated rings. The van der Waals surface area contributed by atoms with Gasteiger partial charge in [0.15, 0.2) is 0 Å². The highest BCUT2D eigenvalue weighted by molar-refractivity contribution is 5.95. The van der Waals surface area contributed by atoms with E-state index in [0.717, 1.165) is 0 Å². The van der Waals surface area contributed by atoms with Crippen molar-refractivity contribution < 1.29 is 39.0 Å². The largest absolute Gasteiger partial charge is 0.481 e. The summed E-state index contributed by atoms with van der Waals surface area (Å²) in [6.45, 7) is 0.790. The molecule has 0 aliphatic carbocycles. The smallest absolute Gasteiger partial charge is 0.326 e. The monoisotopic (exact) mass is 389 g/mol. The molecule has 13 heteroatoms. The summed E-state index contributed by atoms with van der Waals surface area (Å²) in [5.74, 6) is -6.09. The van der Waals surface area contributed by atoms with E-state index in [4.69, 9.17) is 21.7 Å². The molecule has 0 saturated heterocycles. The number of nitrogens with one attached hydrogen (secondary N) is 3. The molecule has 0 spiro atoms. The number of primary amides is 1. The van der Waals surface area contributed by atoms with Crippen LogP contribution in [-0.4, -0.2) is 70.5 Å². The fourth-order valence-electron chi connectivity index (χ4n) is 1.87. The van der Waals surface area contributed by atoms with Crippen molar-refractivity contribution in [2.24, 2.45) is 11.5 Å². The van der Waals surface area contributed by atoms with Crippen LogP contribution in [0.2, 0.25) is 0 Å². The molecule has 0 heterocycles. The summed E-state index contributed by atoms with van der Waals surface area (Å²) < 4.78 is 0. The lowest BCUT2D eigenvalue weighted by Crippen LogP contribution is -2.56. The third kappa shape index (κ3) is 9.74. The summed E-state index contributed by atoms with van der Waals surface area (Å²) in [6.07, 6.45) is -1.38. The van der Waals surface area contributed by atoms with Crippen LogP contribution < -0.4 is 27.4 Å². The van der Waals surface area contributed by atoms with Gasteiger partial charge in [-0.15, -0.1) is 0 Å². The van der Waals surface area contributed by atoms with Gasteiger partial charge in [0.1, 0.15) is 18.1 Å². The Labute approximate surface area is 153 Å². The third-order valence-electron chi connectivity index (χ3n) is 3.26. The van der Waals surface area contributed by atoms with Gasteiger partial charge >= 0.3 is 11.9 Å². The van der Waals surface area contributed by atoms with Gasteiger partial charge in [-0.25, -0.2) is 4.79 Å². The first-order valence-corrected chi connectivity index (χ1v) is 7.81. The van der Waals surface area contributed by atoms with Gasteiger partial charge < -0.3 is 37.6 Å². The van der Waals surface area contributed by atoms with Gasteiger partial charge in [0.2, 0.25) is 23.6 Å². The van der Waals surface area contributed by atoms with Crippen LogP contribution in [0.1, 0.15) is 26.2 Å². The first-order valence-electron chi connectivity index (χ1n) is 7.81. The van der Waals surface area contributed by atoms with Crippen LogP contribution in [0.5, 0.6) is 0 Å². The fourth-order valence-corrected chi connectivity index (χ4v) is 1.87. The van der Waals surface area contributed by atoms with Crippen molar-refractivity contribution in [3.63, 3.8) is 0 Å². The van der Waals surface area contributed by atoms with Crippen molar-refractivity contribution in [2.75, 3.05) is 6.54 Å². The summed E-state index contributed by atoms with van der Waals surface area (Å²) in [5, 5.41) is 24.1. The van der Waals surface area contributed by atoms with E-state index in [1.807, 2.05) is 0 Å². The van der Waals surface area contributed by atoms with Crippen molar-refractivity contribution in [2.45, 2.75) is 44.3 Å². The molecule has 0 aromatic carbocycles. The quantitative estimate of drug-likeness (QED) is 0.173. The predicted octanol–water partition coefficient (Wildman–Crippen LogP) is -3.76. The number of nitrogens with two attached hydrogens (primary N) is 2. The standard InChI is InChI=1S/C14H23N5O8/c1-6(12(24)19-7(14(26)27)2-3-11(22)23)17-13(25)8(4-9(16)20)18-10(21)5-15/h6-8H,2-5,15H2,1H3,(H2,16,20)(H,17,25)(H,18,21)(H,19,24)(H,22,23)(H,26,27). The number of carboxylic acids is 2. The lowest BCUT2D eigenvalue weighted by molar-refractivity contribution is -0.143. The minimum absolute atomic E-state index is 0.353. The molecule has 0 aliphatic rings. The van der Waals surface area contributed by atoms with Crippen LogP contribution in [0.15, 0.2) is 0 Å². The molecule has 0 aromatic rings. The van der Waals surface area contributed by atoms with E-state index in [-0.39, 0.29) is 6.42 Å². The molecule has 3 unspecified atom stereocenters. The van der Waals surface area contributed by atoms with Crippen molar-refractivity contribution in [3.05, 3.63) is 0 Å². The average molecular weight is 389 g/mol. The van der Waals surface area contributed by atoms with Crippen LogP contribution in [-0.2, 0) is 28.8 Å². The van der Waals surface area contributed by atoms with E-state index < -0.39 is 73.1 Å². The van der Waals surface area contributed by atoms with Crippen molar-refractivity contribution in [1.82, 2.24) is 16.0 Å². The lowest BCUT2D eigenvalue weighted by atomic mass is 10.1. The van der Waals surface area contributed by atoms with Crippen LogP contribution >= 0.6 is 0 Å². The van der Waals surface area contributed by atoms with Crippen LogP contribution in [0, 0.1) is 0 Å². The number of aliphatic carboxylic acids is 2. The number of carbonyl (C=O) groups is 6. The highest BCUT2D eigenvalue weighted by Gasteiger charge is 2.28. The Bertz CT molecular complexity index is 608. The number of hydrogen-bond donors (Lipinski definition) is 7. The Balaban J connectivity index is 4.90. The summed E-state index contributed by atoms with van der Waals surface area (Å²) >= 11 is 0. The molecule has 9 N–H and O–H groups in total. The van der Waals surface area contributed by atoms with E-state index in [1.54, 1.807) is 0 Å². The molecule has 4 amide bonds. The number of amides is 4. The zero-order chi connectivity index (χ0) is 21.1. The molecule has 152 valence electrons. The number of carboxylic acid groups (broad SMARTS) is 2. The fraction of sp³-hybridized carbons (Fsp3) is 0.571. The molecule has 3 atom stereocenters. The maximum absolute atomic E-state index is 12.1. The molecule has 13 nitrogen and oxygen atoms in total. The molecule has 0 radical (unpaired) electrons. The van der Waals surface area contributed by atoms with Crippen molar-refractivity contribution in [1.29, 1.82) is 0 Å². The van der Waals surface area contributed by atoms with Gasteiger partial charge in [-0.05, 0) is 13.3 Å². The molecule has 27 heavy (non-hydrogen) atoms. The maximum atomic E-state index is 12.1. The second-order valence-corrected chi connectivity index (χ2v) is 5.56. The minimum Gasteiger partial charge on any atom is -0.481 e. The Kier molecular flexibility index (Phi) is 10.0. The second kappa shape index (κ2) is 11.4. The molecule has 0 aromatic heterocycles. The Hall–Kier alpha value is -3.22. The summed E-state index contributed by atoms with van der Waals surface area (Å²) in [4.78, 5) is 68.1. The molecular weight excluding hydrogens is 366 g/mol. The van der Waals surface area contributed by atoms with Gasteiger partial charge in [0.05, 0.1) is 13.0 Å². The average Bonchev–Trinajstić information content (AvgIpc) is 2.56. The SMILES string of the molecule is CC(NC(=O)C(CC(N)=O)NC(=O)CN)C(=O)NC(CCC(=O)O)C(=O)O. The lowest BCUT2D eigenvalue weighted by Gasteiger charge is -2.21.